The second-order valence-electron chi connectivity index (χ2n) is 5.06. The first-order chi connectivity index (χ1) is 8.97. The summed E-state index contributed by atoms with van der Waals surface area (Å²) >= 11 is 1.42. The summed E-state index contributed by atoms with van der Waals surface area (Å²) in [6.07, 6.45) is 3.83. The van der Waals surface area contributed by atoms with Gasteiger partial charge in [-0.25, -0.2) is 0 Å². The molecular formula is C14H18N2O2S. The smallest absolute Gasteiger partial charge is 0.266 e. The minimum atomic E-state index is -0.574. The first kappa shape index (κ1) is 13.8. The van der Waals surface area contributed by atoms with Gasteiger partial charge in [-0.2, -0.15) is 0 Å². The molecule has 0 bridgehead atoms. The third kappa shape index (κ3) is 2.57. The summed E-state index contributed by atoms with van der Waals surface area (Å²) in [6, 6.07) is 5.78. The van der Waals surface area contributed by atoms with Crippen LogP contribution in [0.1, 0.15) is 23.5 Å². The van der Waals surface area contributed by atoms with E-state index in [1.54, 1.807) is 11.9 Å². The van der Waals surface area contributed by atoms with Crippen LogP contribution in [0.5, 0.6) is 0 Å². The van der Waals surface area contributed by atoms with Gasteiger partial charge in [-0.15, -0.1) is 11.3 Å². The minimum Gasteiger partial charge on any atom is -0.394 e. The van der Waals surface area contributed by atoms with Crippen LogP contribution in [0, 0.1) is 0 Å². The van der Waals surface area contributed by atoms with Crippen molar-refractivity contribution >= 4 is 17.2 Å². The van der Waals surface area contributed by atoms with Crippen molar-refractivity contribution in [3.05, 3.63) is 40.8 Å². The van der Waals surface area contributed by atoms with E-state index in [2.05, 4.69) is 0 Å². The standard InChI is InChI=1S/C14H18N2O2S/c1-14(2,10-17)15(3)13(18)12-11(6-9-19-12)16-7-4-5-8-16/h4-9,17H,10H2,1-3H3. The maximum atomic E-state index is 12.5. The Morgan fingerprint density at radius 3 is 2.63 bits per heavy atom. The van der Waals surface area contributed by atoms with E-state index in [0.29, 0.717) is 4.88 Å². The lowest BCUT2D eigenvalue weighted by Crippen LogP contribution is -2.47. The molecule has 0 spiro atoms. The highest BCUT2D eigenvalue weighted by atomic mass is 32.1. The molecule has 4 nitrogen and oxygen atoms in total. The maximum absolute atomic E-state index is 12.5. The van der Waals surface area contributed by atoms with Crippen molar-refractivity contribution < 1.29 is 9.90 Å². The Kier molecular flexibility index (Phi) is 3.78. The number of hydrogen-bond donors (Lipinski definition) is 1. The number of likely N-dealkylation sites (N-methyl/N-ethyl adjacent to an activating group) is 1. The monoisotopic (exact) mass is 278 g/mol. The van der Waals surface area contributed by atoms with Gasteiger partial charge in [0, 0.05) is 19.4 Å². The fourth-order valence-electron chi connectivity index (χ4n) is 1.69. The zero-order valence-electron chi connectivity index (χ0n) is 11.3. The number of aromatic nitrogens is 1. The van der Waals surface area contributed by atoms with Crippen molar-refractivity contribution in [3.8, 4) is 5.69 Å². The SMILES string of the molecule is CN(C(=O)c1sccc1-n1cccc1)C(C)(C)CO. The Balaban J connectivity index is 2.34. The Bertz CT molecular complexity index is 558. The molecule has 19 heavy (non-hydrogen) atoms. The van der Waals surface area contributed by atoms with Gasteiger partial charge < -0.3 is 14.6 Å². The van der Waals surface area contributed by atoms with Crippen LogP contribution in [0.25, 0.3) is 5.69 Å². The molecule has 0 radical (unpaired) electrons. The van der Waals surface area contributed by atoms with E-state index < -0.39 is 5.54 Å². The first-order valence-corrected chi connectivity index (χ1v) is 6.95. The molecule has 102 valence electrons. The van der Waals surface area contributed by atoms with Crippen molar-refractivity contribution in [2.75, 3.05) is 13.7 Å². The number of nitrogens with zero attached hydrogens (tertiary/aromatic N) is 2. The van der Waals surface area contributed by atoms with E-state index in [1.807, 2.05) is 54.4 Å². The van der Waals surface area contributed by atoms with E-state index in [9.17, 15) is 9.90 Å². The van der Waals surface area contributed by atoms with Gasteiger partial charge in [-0.3, -0.25) is 4.79 Å². The lowest BCUT2D eigenvalue weighted by atomic mass is 10.0. The quantitative estimate of drug-likeness (QED) is 0.933. The van der Waals surface area contributed by atoms with Crippen LogP contribution in [-0.2, 0) is 0 Å². The van der Waals surface area contributed by atoms with Crippen LogP contribution in [0.15, 0.2) is 36.0 Å². The molecule has 0 atom stereocenters. The van der Waals surface area contributed by atoms with Crippen molar-refractivity contribution in [2.45, 2.75) is 19.4 Å². The number of hydrogen-bond acceptors (Lipinski definition) is 3. The lowest BCUT2D eigenvalue weighted by molar-refractivity contribution is 0.0478. The molecule has 5 heteroatoms. The molecule has 2 aromatic heterocycles. The Morgan fingerprint density at radius 2 is 2.05 bits per heavy atom. The highest BCUT2D eigenvalue weighted by Gasteiger charge is 2.29. The van der Waals surface area contributed by atoms with E-state index in [-0.39, 0.29) is 12.5 Å². The molecule has 1 N–H and O–H groups in total. The normalized spacial score (nSPS) is 11.6. The van der Waals surface area contributed by atoms with Crippen molar-refractivity contribution in [1.82, 2.24) is 9.47 Å². The zero-order chi connectivity index (χ0) is 14.0. The third-order valence-electron chi connectivity index (χ3n) is 3.32. The molecule has 0 aliphatic heterocycles. The second kappa shape index (κ2) is 5.19. The van der Waals surface area contributed by atoms with E-state index >= 15 is 0 Å². The minimum absolute atomic E-state index is 0.0700. The topological polar surface area (TPSA) is 45.5 Å². The zero-order valence-corrected chi connectivity index (χ0v) is 12.1. The average Bonchev–Trinajstić information content (AvgIpc) is 3.06. The van der Waals surface area contributed by atoms with Gasteiger partial charge in [0.15, 0.2) is 0 Å². The largest absolute Gasteiger partial charge is 0.394 e. The van der Waals surface area contributed by atoms with Crippen LogP contribution < -0.4 is 0 Å². The molecule has 0 saturated carbocycles. The lowest BCUT2D eigenvalue weighted by Gasteiger charge is -2.33. The fourth-order valence-corrected chi connectivity index (χ4v) is 2.56. The summed E-state index contributed by atoms with van der Waals surface area (Å²) in [5.74, 6) is -0.0715. The molecule has 0 aliphatic rings. The second-order valence-corrected chi connectivity index (χ2v) is 5.98. The highest BCUT2D eigenvalue weighted by Crippen LogP contribution is 2.25. The van der Waals surface area contributed by atoms with E-state index in [4.69, 9.17) is 0 Å². The summed E-state index contributed by atoms with van der Waals surface area (Å²) in [5.41, 5.74) is 0.301. The number of rotatable bonds is 4. The van der Waals surface area contributed by atoms with Gasteiger partial charge in [-0.05, 0) is 37.4 Å². The van der Waals surface area contributed by atoms with E-state index in [1.165, 1.54) is 11.3 Å². The molecule has 0 aliphatic carbocycles. The molecule has 0 unspecified atom stereocenters. The Hall–Kier alpha value is -1.59. The summed E-state index contributed by atoms with van der Waals surface area (Å²) in [4.78, 5) is 14.8. The van der Waals surface area contributed by atoms with Crippen LogP contribution in [0.2, 0.25) is 0 Å². The Morgan fingerprint density at radius 1 is 1.42 bits per heavy atom. The predicted octanol–water partition coefficient (Wildman–Crippen LogP) is 2.38. The number of thiophene rings is 1. The van der Waals surface area contributed by atoms with Gasteiger partial charge in [-0.1, -0.05) is 0 Å². The van der Waals surface area contributed by atoms with Crippen LogP contribution in [-0.4, -0.2) is 39.7 Å². The molecule has 2 heterocycles. The molecule has 2 rings (SSSR count). The third-order valence-corrected chi connectivity index (χ3v) is 4.21. The number of aliphatic hydroxyl groups excluding tert-OH is 1. The summed E-state index contributed by atoms with van der Waals surface area (Å²) in [7, 11) is 1.72. The number of aliphatic hydroxyl groups is 1. The number of amides is 1. The van der Waals surface area contributed by atoms with Crippen LogP contribution in [0.4, 0.5) is 0 Å². The van der Waals surface area contributed by atoms with Crippen molar-refractivity contribution in [1.29, 1.82) is 0 Å². The summed E-state index contributed by atoms with van der Waals surface area (Å²) in [5, 5.41) is 11.3. The molecular weight excluding hydrogens is 260 g/mol. The number of carbonyl (C=O) groups excluding carboxylic acids is 1. The summed E-state index contributed by atoms with van der Waals surface area (Å²) in [6.45, 7) is 3.61. The van der Waals surface area contributed by atoms with Gasteiger partial charge in [0.2, 0.25) is 0 Å². The van der Waals surface area contributed by atoms with E-state index in [0.717, 1.165) is 5.69 Å². The fraction of sp³-hybridized carbons (Fsp3) is 0.357. The van der Waals surface area contributed by atoms with Gasteiger partial charge in [0.1, 0.15) is 4.88 Å². The van der Waals surface area contributed by atoms with Gasteiger partial charge >= 0.3 is 0 Å². The first-order valence-electron chi connectivity index (χ1n) is 6.07. The maximum Gasteiger partial charge on any atom is 0.266 e. The van der Waals surface area contributed by atoms with Gasteiger partial charge in [0.05, 0.1) is 17.8 Å². The average molecular weight is 278 g/mol. The molecule has 0 fully saturated rings. The molecule has 2 aromatic rings. The highest BCUT2D eigenvalue weighted by molar-refractivity contribution is 7.12. The van der Waals surface area contributed by atoms with Gasteiger partial charge in [0.25, 0.3) is 5.91 Å². The Labute approximate surface area is 116 Å². The molecule has 0 saturated heterocycles. The molecule has 1 amide bonds. The van der Waals surface area contributed by atoms with Crippen molar-refractivity contribution in [3.63, 3.8) is 0 Å². The number of carbonyl (C=O) groups is 1. The molecule has 0 aromatic carbocycles. The predicted molar refractivity (Wildman–Crippen MR) is 76.9 cm³/mol. The van der Waals surface area contributed by atoms with Crippen LogP contribution >= 0.6 is 11.3 Å². The summed E-state index contributed by atoms with van der Waals surface area (Å²) < 4.78 is 1.92. The van der Waals surface area contributed by atoms with Crippen LogP contribution in [0.3, 0.4) is 0 Å². The van der Waals surface area contributed by atoms with Crippen molar-refractivity contribution in [2.24, 2.45) is 0 Å².